The van der Waals surface area contributed by atoms with Crippen molar-refractivity contribution >= 4 is 27.3 Å². The Kier molecular flexibility index (Phi) is 4.59. The van der Waals surface area contributed by atoms with E-state index in [4.69, 9.17) is 10.5 Å². The third kappa shape index (κ3) is 3.56. The van der Waals surface area contributed by atoms with E-state index in [9.17, 15) is 0 Å². The molecule has 0 aliphatic carbocycles. The maximum absolute atomic E-state index is 5.79. The second kappa shape index (κ2) is 6.19. The summed E-state index contributed by atoms with van der Waals surface area (Å²) in [6.45, 7) is 1.22. The fraction of sp³-hybridized carbons (Fsp3) is 0.231. The number of halogens is 1. The van der Waals surface area contributed by atoms with E-state index in [0.29, 0.717) is 13.2 Å². The Labute approximate surface area is 114 Å². The van der Waals surface area contributed by atoms with Gasteiger partial charge in [-0.15, -0.1) is 11.3 Å². The number of hydrogen-bond acceptors (Lipinski definition) is 3. The molecule has 1 aromatic carbocycles. The number of rotatable bonds is 5. The maximum Gasteiger partial charge on any atom is 0.119 e. The third-order valence-corrected chi connectivity index (χ3v) is 4.26. The van der Waals surface area contributed by atoms with E-state index >= 15 is 0 Å². The van der Waals surface area contributed by atoms with E-state index in [-0.39, 0.29) is 5.92 Å². The second-order valence-corrected chi connectivity index (χ2v) is 6.19. The number of hydrogen-bond donors (Lipinski definition) is 1. The highest BCUT2D eigenvalue weighted by molar-refractivity contribution is 9.11. The van der Waals surface area contributed by atoms with E-state index in [0.717, 1.165) is 9.54 Å². The lowest BCUT2D eigenvalue weighted by atomic mass is 10.1. The van der Waals surface area contributed by atoms with Crippen molar-refractivity contribution in [1.29, 1.82) is 0 Å². The number of ether oxygens (including phenoxy) is 1. The van der Waals surface area contributed by atoms with E-state index in [2.05, 4.69) is 22.0 Å². The molecule has 2 aromatic rings. The van der Waals surface area contributed by atoms with Crippen LogP contribution in [0.4, 0.5) is 0 Å². The Morgan fingerprint density at radius 2 is 1.94 bits per heavy atom. The zero-order chi connectivity index (χ0) is 12.1. The Hall–Kier alpha value is -0.840. The smallest absolute Gasteiger partial charge is 0.119 e. The molecule has 0 aliphatic rings. The zero-order valence-corrected chi connectivity index (χ0v) is 11.7. The largest absolute Gasteiger partial charge is 0.493 e. The summed E-state index contributed by atoms with van der Waals surface area (Å²) in [4.78, 5) is 1.26. The van der Waals surface area contributed by atoms with Gasteiger partial charge in [0.15, 0.2) is 0 Å². The van der Waals surface area contributed by atoms with Gasteiger partial charge in [0.1, 0.15) is 5.75 Å². The monoisotopic (exact) mass is 311 g/mol. The van der Waals surface area contributed by atoms with Crippen molar-refractivity contribution in [2.24, 2.45) is 5.73 Å². The van der Waals surface area contributed by atoms with Gasteiger partial charge in [0.25, 0.3) is 0 Å². The number of thiophene rings is 1. The molecule has 2 N–H and O–H groups in total. The highest BCUT2D eigenvalue weighted by atomic mass is 79.9. The molecule has 1 atom stereocenters. The fourth-order valence-electron chi connectivity index (χ4n) is 1.53. The van der Waals surface area contributed by atoms with Crippen molar-refractivity contribution in [3.8, 4) is 5.75 Å². The Balaban J connectivity index is 1.97. The van der Waals surface area contributed by atoms with Gasteiger partial charge in [-0.1, -0.05) is 18.2 Å². The summed E-state index contributed by atoms with van der Waals surface area (Å²) in [6.07, 6.45) is 0. The van der Waals surface area contributed by atoms with Crippen LogP contribution < -0.4 is 10.5 Å². The Morgan fingerprint density at radius 3 is 2.53 bits per heavy atom. The molecule has 1 aromatic heterocycles. The molecule has 2 rings (SSSR count). The summed E-state index contributed by atoms with van der Waals surface area (Å²) in [5, 5.41) is 0. The van der Waals surface area contributed by atoms with Gasteiger partial charge in [0.05, 0.1) is 10.4 Å². The summed E-state index contributed by atoms with van der Waals surface area (Å²) in [6, 6.07) is 14.0. The molecule has 0 amide bonds. The van der Waals surface area contributed by atoms with Gasteiger partial charge in [0.2, 0.25) is 0 Å². The van der Waals surface area contributed by atoms with Crippen molar-refractivity contribution < 1.29 is 4.74 Å². The molecule has 0 fully saturated rings. The SMILES string of the molecule is NCC(COc1ccccc1)c1ccc(Br)s1. The first-order valence-electron chi connectivity index (χ1n) is 5.42. The summed E-state index contributed by atoms with van der Waals surface area (Å²) >= 11 is 5.17. The van der Waals surface area contributed by atoms with Crippen LogP contribution in [0.15, 0.2) is 46.3 Å². The highest BCUT2D eigenvalue weighted by Gasteiger charge is 2.12. The van der Waals surface area contributed by atoms with Crippen molar-refractivity contribution in [3.63, 3.8) is 0 Å². The minimum Gasteiger partial charge on any atom is -0.493 e. The van der Waals surface area contributed by atoms with Crippen LogP contribution in [-0.4, -0.2) is 13.2 Å². The standard InChI is InChI=1S/C13H14BrNOS/c14-13-7-6-12(17-13)10(8-15)9-16-11-4-2-1-3-5-11/h1-7,10H,8-9,15H2. The van der Waals surface area contributed by atoms with Crippen molar-refractivity contribution in [1.82, 2.24) is 0 Å². The lowest BCUT2D eigenvalue weighted by Gasteiger charge is -2.14. The second-order valence-electron chi connectivity index (χ2n) is 3.70. The van der Waals surface area contributed by atoms with Crippen molar-refractivity contribution in [3.05, 3.63) is 51.1 Å². The van der Waals surface area contributed by atoms with E-state index in [1.54, 1.807) is 11.3 Å². The molecule has 4 heteroatoms. The summed E-state index contributed by atoms with van der Waals surface area (Å²) in [5.41, 5.74) is 5.79. The van der Waals surface area contributed by atoms with Crippen LogP contribution in [0.3, 0.4) is 0 Å². The average Bonchev–Trinajstić information content (AvgIpc) is 2.78. The highest BCUT2D eigenvalue weighted by Crippen LogP contribution is 2.28. The van der Waals surface area contributed by atoms with Crippen LogP contribution in [0.2, 0.25) is 0 Å². The van der Waals surface area contributed by atoms with Gasteiger partial charge in [-0.2, -0.15) is 0 Å². The van der Waals surface area contributed by atoms with Crippen LogP contribution >= 0.6 is 27.3 Å². The minimum absolute atomic E-state index is 0.256. The lowest BCUT2D eigenvalue weighted by molar-refractivity contribution is 0.292. The van der Waals surface area contributed by atoms with E-state index < -0.39 is 0 Å². The quantitative estimate of drug-likeness (QED) is 0.915. The third-order valence-electron chi connectivity index (χ3n) is 2.48. The topological polar surface area (TPSA) is 35.2 Å². The summed E-state index contributed by atoms with van der Waals surface area (Å²) in [5.74, 6) is 1.15. The first kappa shape index (κ1) is 12.6. The molecule has 0 saturated heterocycles. The Bertz CT molecular complexity index is 457. The molecular weight excluding hydrogens is 298 g/mol. The molecule has 0 aliphatic heterocycles. The number of para-hydroxylation sites is 1. The van der Waals surface area contributed by atoms with Crippen molar-refractivity contribution in [2.75, 3.05) is 13.2 Å². The molecule has 17 heavy (non-hydrogen) atoms. The molecular formula is C13H14BrNOS. The minimum atomic E-state index is 0.256. The van der Waals surface area contributed by atoms with E-state index in [1.165, 1.54) is 4.88 Å². The molecule has 0 bridgehead atoms. The van der Waals surface area contributed by atoms with Gasteiger partial charge < -0.3 is 10.5 Å². The molecule has 0 spiro atoms. The van der Waals surface area contributed by atoms with Gasteiger partial charge in [-0.25, -0.2) is 0 Å². The molecule has 0 saturated carbocycles. The first-order chi connectivity index (χ1) is 8.29. The fourth-order valence-corrected chi connectivity index (χ4v) is 3.05. The van der Waals surface area contributed by atoms with Crippen molar-refractivity contribution in [2.45, 2.75) is 5.92 Å². The van der Waals surface area contributed by atoms with Crippen LogP contribution in [0.1, 0.15) is 10.8 Å². The number of nitrogens with two attached hydrogens (primary N) is 1. The molecule has 90 valence electrons. The number of benzene rings is 1. The van der Waals surface area contributed by atoms with Crippen LogP contribution in [0.5, 0.6) is 5.75 Å². The van der Waals surface area contributed by atoms with E-state index in [1.807, 2.05) is 36.4 Å². The van der Waals surface area contributed by atoms with Crippen LogP contribution in [-0.2, 0) is 0 Å². The Morgan fingerprint density at radius 1 is 1.18 bits per heavy atom. The maximum atomic E-state index is 5.79. The molecule has 0 radical (unpaired) electrons. The van der Waals surface area contributed by atoms with Gasteiger partial charge in [-0.3, -0.25) is 0 Å². The average molecular weight is 312 g/mol. The molecule has 2 nitrogen and oxygen atoms in total. The van der Waals surface area contributed by atoms with Gasteiger partial charge in [0, 0.05) is 17.3 Å². The molecule has 1 heterocycles. The predicted molar refractivity (Wildman–Crippen MR) is 75.8 cm³/mol. The predicted octanol–water partition coefficient (Wildman–Crippen LogP) is 3.63. The van der Waals surface area contributed by atoms with Crippen LogP contribution in [0, 0.1) is 0 Å². The van der Waals surface area contributed by atoms with Crippen LogP contribution in [0.25, 0.3) is 0 Å². The molecule has 1 unspecified atom stereocenters. The summed E-state index contributed by atoms with van der Waals surface area (Å²) in [7, 11) is 0. The zero-order valence-electron chi connectivity index (χ0n) is 9.30. The summed E-state index contributed by atoms with van der Waals surface area (Å²) < 4.78 is 6.86. The normalized spacial score (nSPS) is 12.4. The first-order valence-corrected chi connectivity index (χ1v) is 7.03. The van der Waals surface area contributed by atoms with Gasteiger partial charge in [-0.05, 0) is 40.2 Å². The lowest BCUT2D eigenvalue weighted by Crippen LogP contribution is -2.18. The van der Waals surface area contributed by atoms with Gasteiger partial charge >= 0.3 is 0 Å².